The standard InChI is InChI=1S/C26H25N5O2S/c32-26(29-14-19-5-3-10-27-13-19)24-18-33-25(30-24)17-31(16-21-6-4-12-34-21)11-9-20-15-28-23-8-2-1-7-22(20)23/h1-8,10,12-13,15,18,28H,9,11,14,16-17H2,(H,29,32). The molecule has 34 heavy (non-hydrogen) atoms. The summed E-state index contributed by atoms with van der Waals surface area (Å²) in [5.41, 5.74) is 3.65. The van der Waals surface area contributed by atoms with Crippen LogP contribution >= 0.6 is 11.3 Å². The van der Waals surface area contributed by atoms with Gasteiger partial charge in [0.25, 0.3) is 5.91 Å². The lowest BCUT2D eigenvalue weighted by molar-refractivity contribution is 0.0945. The molecule has 5 aromatic rings. The van der Waals surface area contributed by atoms with Crippen molar-refractivity contribution in [2.45, 2.75) is 26.1 Å². The first kappa shape index (κ1) is 22.1. The highest BCUT2D eigenvalue weighted by Crippen LogP contribution is 2.20. The summed E-state index contributed by atoms with van der Waals surface area (Å²) in [5.74, 6) is 0.268. The summed E-state index contributed by atoms with van der Waals surface area (Å²) in [7, 11) is 0. The van der Waals surface area contributed by atoms with E-state index in [-0.39, 0.29) is 11.6 Å². The van der Waals surface area contributed by atoms with E-state index in [1.807, 2.05) is 18.2 Å². The van der Waals surface area contributed by atoms with E-state index in [0.29, 0.717) is 19.0 Å². The Kier molecular flexibility index (Phi) is 6.78. The number of hydrogen-bond acceptors (Lipinski definition) is 6. The maximum absolute atomic E-state index is 12.5. The highest BCUT2D eigenvalue weighted by Gasteiger charge is 2.16. The number of hydrogen-bond donors (Lipinski definition) is 2. The van der Waals surface area contributed by atoms with Gasteiger partial charge in [-0.25, -0.2) is 4.98 Å². The van der Waals surface area contributed by atoms with E-state index in [1.165, 1.54) is 22.1 Å². The number of H-pyrrole nitrogens is 1. The Morgan fingerprint density at radius 2 is 2.06 bits per heavy atom. The van der Waals surface area contributed by atoms with Crippen molar-refractivity contribution in [3.8, 4) is 0 Å². The van der Waals surface area contributed by atoms with Gasteiger partial charge < -0.3 is 14.7 Å². The predicted octanol–water partition coefficient (Wildman–Crippen LogP) is 4.79. The van der Waals surface area contributed by atoms with E-state index in [9.17, 15) is 4.79 Å². The Hall–Kier alpha value is -3.75. The number of oxazole rings is 1. The van der Waals surface area contributed by atoms with Gasteiger partial charge in [-0.15, -0.1) is 11.3 Å². The molecule has 0 unspecified atom stereocenters. The van der Waals surface area contributed by atoms with Gasteiger partial charge in [0.1, 0.15) is 6.26 Å². The average Bonchev–Trinajstić information content (AvgIpc) is 3.63. The third-order valence-corrected chi connectivity index (χ3v) is 6.51. The van der Waals surface area contributed by atoms with Gasteiger partial charge in [0, 0.05) is 54.0 Å². The molecule has 172 valence electrons. The Balaban J connectivity index is 1.24. The minimum absolute atomic E-state index is 0.262. The molecule has 5 rings (SSSR count). The fraction of sp³-hybridized carbons (Fsp3) is 0.192. The number of nitrogens with one attached hydrogen (secondary N) is 2. The molecule has 0 radical (unpaired) electrons. The number of nitrogens with zero attached hydrogens (tertiary/aromatic N) is 3. The van der Waals surface area contributed by atoms with Crippen molar-refractivity contribution in [3.63, 3.8) is 0 Å². The average molecular weight is 472 g/mol. The van der Waals surface area contributed by atoms with Crippen LogP contribution < -0.4 is 5.32 Å². The predicted molar refractivity (Wildman–Crippen MR) is 132 cm³/mol. The first-order valence-electron chi connectivity index (χ1n) is 11.2. The molecule has 8 heteroatoms. The molecule has 0 saturated heterocycles. The topological polar surface area (TPSA) is 87.0 Å². The van der Waals surface area contributed by atoms with Crippen LogP contribution in [-0.2, 0) is 26.1 Å². The molecule has 1 amide bonds. The Bertz CT molecular complexity index is 1340. The van der Waals surface area contributed by atoms with Gasteiger partial charge >= 0.3 is 0 Å². The SMILES string of the molecule is O=C(NCc1cccnc1)c1coc(CN(CCc2c[nH]c3ccccc23)Cc2cccs2)n1. The number of carbonyl (C=O) groups is 1. The van der Waals surface area contributed by atoms with Gasteiger partial charge in [-0.2, -0.15) is 0 Å². The Labute approximate surface area is 201 Å². The van der Waals surface area contributed by atoms with Crippen molar-refractivity contribution in [2.24, 2.45) is 0 Å². The normalized spacial score (nSPS) is 11.3. The van der Waals surface area contributed by atoms with Gasteiger partial charge in [-0.1, -0.05) is 30.3 Å². The molecule has 0 spiro atoms. The second kappa shape index (κ2) is 10.5. The van der Waals surface area contributed by atoms with Crippen molar-refractivity contribution in [3.05, 3.63) is 106 Å². The van der Waals surface area contributed by atoms with Gasteiger partial charge in [-0.05, 0) is 41.1 Å². The second-order valence-electron chi connectivity index (χ2n) is 8.07. The minimum Gasteiger partial charge on any atom is -0.447 e. The van der Waals surface area contributed by atoms with Gasteiger partial charge in [0.15, 0.2) is 5.69 Å². The zero-order valence-corrected chi connectivity index (χ0v) is 19.4. The first-order chi connectivity index (χ1) is 16.7. The number of carbonyl (C=O) groups excluding carboxylic acids is 1. The molecule has 4 aromatic heterocycles. The molecular formula is C26H25N5O2S. The largest absolute Gasteiger partial charge is 0.447 e. The van der Waals surface area contributed by atoms with E-state index < -0.39 is 0 Å². The van der Waals surface area contributed by atoms with Crippen molar-refractivity contribution in [2.75, 3.05) is 6.54 Å². The molecule has 0 aliphatic carbocycles. The Morgan fingerprint density at radius 1 is 1.12 bits per heavy atom. The molecule has 1 aromatic carbocycles. The molecule has 0 fully saturated rings. The quantitative estimate of drug-likeness (QED) is 0.306. The number of benzene rings is 1. The number of para-hydroxylation sites is 1. The molecule has 7 nitrogen and oxygen atoms in total. The van der Waals surface area contributed by atoms with Crippen molar-refractivity contribution >= 4 is 28.1 Å². The van der Waals surface area contributed by atoms with Crippen LogP contribution in [0.3, 0.4) is 0 Å². The zero-order chi connectivity index (χ0) is 23.2. The number of pyridine rings is 1. The molecule has 0 aliphatic heterocycles. The van der Waals surface area contributed by atoms with Crippen LogP contribution in [0, 0.1) is 0 Å². The van der Waals surface area contributed by atoms with Gasteiger partial charge in [-0.3, -0.25) is 14.7 Å². The van der Waals surface area contributed by atoms with E-state index >= 15 is 0 Å². The highest BCUT2D eigenvalue weighted by atomic mass is 32.1. The molecule has 0 bridgehead atoms. The third kappa shape index (κ3) is 5.41. The van der Waals surface area contributed by atoms with Gasteiger partial charge in [0.05, 0.1) is 6.54 Å². The van der Waals surface area contributed by atoms with Crippen LogP contribution in [-0.4, -0.2) is 32.3 Å². The molecule has 0 atom stereocenters. The summed E-state index contributed by atoms with van der Waals surface area (Å²) in [6.45, 7) is 2.55. The molecular weight excluding hydrogens is 446 g/mol. The van der Waals surface area contributed by atoms with Crippen molar-refractivity contribution in [1.82, 2.24) is 25.2 Å². The van der Waals surface area contributed by atoms with Crippen LogP contribution in [0.2, 0.25) is 0 Å². The smallest absolute Gasteiger partial charge is 0.273 e. The Morgan fingerprint density at radius 3 is 2.91 bits per heavy atom. The summed E-state index contributed by atoms with van der Waals surface area (Å²) < 4.78 is 5.67. The lowest BCUT2D eigenvalue weighted by Crippen LogP contribution is -2.26. The van der Waals surface area contributed by atoms with E-state index in [0.717, 1.165) is 30.6 Å². The van der Waals surface area contributed by atoms with E-state index in [1.54, 1.807) is 23.7 Å². The maximum atomic E-state index is 12.5. The summed E-state index contributed by atoms with van der Waals surface area (Å²) >= 11 is 1.73. The van der Waals surface area contributed by atoms with Gasteiger partial charge in [0.2, 0.25) is 5.89 Å². The van der Waals surface area contributed by atoms with Crippen LogP contribution in [0.15, 0.2) is 83.2 Å². The number of amides is 1. The number of thiophene rings is 1. The zero-order valence-electron chi connectivity index (χ0n) is 18.6. The lowest BCUT2D eigenvalue weighted by Gasteiger charge is -2.20. The van der Waals surface area contributed by atoms with Crippen molar-refractivity contribution in [1.29, 1.82) is 0 Å². The van der Waals surface area contributed by atoms with Crippen LogP contribution in [0.25, 0.3) is 10.9 Å². The third-order valence-electron chi connectivity index (χ3n) is 5.65. The minimum atomic E-state index is -0.262. The van der Waals surface area contributed by atoms with Crippen LogP contribution in [0.5, 0.6) is 0 Å². The summed E-state index contributed by atoms with van der Waals surface area (Å²) in [6, 6.07) is 16.3. The summed E-state index contributed by atoms with van der Waals surface area (Å²) in [4.78, 5) is 28.0. The summed E-state index contributed by atoms with van der Waals surface area (Å²) in [5, 5.41) is 6.20. The fourth-order valence-electron chi connectivity index (χ4n) is 3.91. The van der Waals surface area contributed by atoms with Crippen LogP contribution in [0.1, 0.15) is 32.4 Å². The second-order valence-corrected chi connectivity index (χ2v) is 9.10. The number of aromatic amines is 1. The van der Waals surface area contributed by atoms with E-state index in [4.69, 9.17) is 4.42 Å². The van der Waals surface area contributed by atoms with Crippen molar-refractivity contribution < 1.29 is 9.21 Å². The number of rotatable bonds is 10. The molecule has 4 heterocycles. The fourth-order valence-corrected chi connectivity index (χ4v) is 4.65. The maximum Gasteiger partial charge on any atom is 0.273 e. The summed E-state index contributed by atoms with van der Waals surface area (Å²) in [6.07, 6.45) is 7.84. The number of aromatic nitrogens is 3. The molecule has 0 aliphatic rings. The molecule has 0 saturated carbocycles. The van der Waals surface area contributed by atoms with Crippen LogP contribution in [0.4, 0.5) is 0 Å². The van der Waals surface area contributed by atoms with E-state index in [2.05, 4.69) is 67.1 Å². The first-order valence-corrected chi connectivity index (χ1v) is 12.0. The highest BCUT2D eigenvalue weighted by molar-refractivity contribution is 7.09. The molecule has 2 N–H and O–H groups in total. The monoisotopic (exact) mass is 471 g/mol. The number of fused-ring (bicyclic) bond motifs is 1. The lowest BCUT2D eigenvalue weighted by atomic mass is 10.1.